The van der Waals surface area contributed by atoms with Crippen molar-refractivity contribution in [2.24, 2.45) is 0 Å². The van der Waals surface area contributed by atoms with Crippen molar-refractivity contribution >= 4 is 16.8 Å². The summed E-state index contributed by atoms with van der Waals surface area (Å²) in [5.74, 6) is -0.231. The van der Waals surface area contributed by atoms with Crippen LogP contribution < -0.4 is 5.32 Å². The zero-order chi connectivity index (χ0) is 23.3. The molecule has 0 aliphatic rings. The minimum absolute atomic E-state index is 0.126. The van der Waals surface area contributed by atoms with Crippen molar-refractivity contribution in [2.75, 3.05) is 0 Å². The summed E-state index contributed by atoms with van der Waals surface area (Å²) in [7, 11) is 0. The lowest BCUT2D eigenvalue weighted by Gasteiger charge is -2.18. The van der Waals surface area contributed by atoms with Gasteiger partial charge in [0, 0.05) is 36.0 Å². The van der Waals surface area contributed by atoms with E-state index in [0.29, 0.717) is 24.4 Å². The van der Waals surface area contributed by atoms with Gasteiger partial charge in [0.05, 0.1) is 12.8 Å². The van der Waals surface area contributed by atoms with E-state index in [1.807, 2.05) is 48.5 Å². The van der Waals surface area contributed by atoms with Gasteiger partial charge in [-0.2, -0.15) is 0 Å². The summed E-state index contributed by atoms with van der Waals surface area (Å²) in [6.45, 7) is 0.988. The van der Waals surface area contributed by atoms with Gasteiger partial charge >= 0.3 is 0 Å². The highest BCUT2D eigenvalue weighted by Crippen LogP contribution is 2.36. The number of benzene rings is 3. The molecule has 34 heavy (non-hydrogen) atoms. The molecule has 0 unspecified atom stereocenters. The molecule has 0 spiro atoms. The SMILES string of the molecule is O=C(C[C@H](c1ccccc1F)c1cn(Cc2ccccc2)c2ccccc12)NCc1ccco1. The maximum Gasteiger partial charge on any atom is 0.221 e. The molecule has 1 N–H and O–H groups in total. The Hall–Kier alpha value is -4.12. The van der Waals surface area contributed by atoms with Gasteiger partial charge in [-0.3, -0.25) is 4.79 Å². The summed E-state index contributed by atoms with van der Waals surface area (Å²) in [6, 6.07) is 28.6. The maximum atomic E-state index is 15.0. The van der Waals surface area contributed by atoms with Gasteiger partial charge in [0.2, 0.25) is 5.91 Å². The Morgan fingerprint density at radius 2 is 1.65 bits per heavy atom. The summed E-state index contributed by atoms with van der Waals surface area (Å²) in [5.41, 5.74) is 3.68. The lowest BCUT2D eigenvalue weighted by molar-refractivity contribution is -0.121. The molecule has 4 nitrogen and oxygen atoms in total. The lowest BCUT2D eigenvalue weighted by Crippen LogP contribution is -2.25. The number of carbonyl (C=O) groups excluding carboxylic acids is 1. The molecule has 5 rings (SSSR count). The van der Waals surface area contributed by atoms with E-state index in [1.165, 1.54) is 11.6 Å². The summed E-state index contributed by atoms with van der Waals surface area (Å²) < 4.78 is 22.5. The Bertz CT molecular complexity index is 1390. The van der Waals surface area contributed by atoms with Crippen LogP contribution in [0.2, 0.25) is 0 Å². The number of hydrogen-bond acceptors (Lipinski definition) is 2. The number of para-hydroxylation sites is 1. The summed E-state index contributed by atoms with van der Waals surface area (Å²) in [5, 5.41) is 3.93. The largest absolute Gasteiger partial charge is 0.467 e. The number of halogens is 1. The second-order valence-corrected chi connectivity index (χ2v) is 8.35. The van der Waals surface area contributed by atoms with E-state index < -0.39 is 5.92 Å². The number of nitrogens with zero attached hydrogens (tertiary/aromatic N) is 1. The third kappa shape index (κ3) is 4.64. The van der Waals surface area contributed by atoms with E-state index in [4.69, 9.17) is 4.42 Å². The summed E-state index contributed by atoms with van der Waals surface area (Å²) >= 11 is 0. The fourth-order valence-corrected chi connectivity index (χ4v) is 4.47. The smallest absolute Gasteiger partial charge is 0.221 e. The Morgan fingerprint density at radius 1 is 0.882 bits per heavy atom. The number of amides is 1. The van der Waals surface area contributed by atoms with E-state index in [1.54, 1.807) is 24.5 Å². The molecule has 0 fully saturated rings. The predicted octanol–water partition coefficient (Wildman–Crippen LogP) is 6.26. The Balaban J connectivity index is 1.52. The van der Waals surface area contributed by atoms with Crippen molar-refractivity contribution < 1.29 is 13.6 Å². The summed E-state index contributed by atoms with van der Waals surface area (Å²) in [6.07, 6.45) is 3.76. The second kappa shape index (κ2) is 9.79. The first-order valence-corrected chi connectivity index (χ1v) is 11.3. The lowest BCUT2D eigenvalue weighted by atomic mass is 9.87. The van der Waals surface area contributed by atoms with Gasteiger partial charge in [0.25, 0.3) is 0 Å². The molecule has 5 aromatic rings. The monoisotopic (exact) mass is 452 g/mol. The van der Waals surface area contributed by atoms with Crippen LogP contribution in [0.5, 0.6) is 0 Å². The predicted molar refractivity (Wildman–Crippen MR) is 131 cm³/mol. The standard InChI is InChI=1S/C29H25FN2O2/c30-27-14-6-4-12-23(27)25(17-29(33)31-18-22-11-8-16-34-22)26-20-32(19-21-9-2-1-3-10-21)28-15-7-5-13-24(26)28/h1-16,20,25H,17-19H2,(H,31,33)/t25-/m1/s1. The van der Waals surface area contributed by atoms with Gasteiger partial charge < -0.3 is 14.3 Å². The van der Waals surface area contributed by atoms with Crippen LogP contribution in [0.25, 0.3) is 10.9 Å². The van der Waals surface area contributed by atoms with E-state index in [2.05, 4.69) is 34.3 Å². The van der Waals surface area contributed by atoms with Crippen molar-refractivity contribution in [2.45, 2.75) is 25.4 Å². The zero-order valence-electron chi connectivity index (χ0n) is 18.7. The average molecular weight is 453 g/mol. The quantitative estimate of drug-likeness (QED) is 0.302. The minimum Gasteiger partial charge on any atom is -0.467 e. The highest BCUT2D eigenvalue weighted by molar-refractivity contribution is 5.86. The Kier molecular flexibility index (Phi) is 6.25. The van der Waals surface area contributed by atoms with Crippen LogP contribution in [0.3, 0.4) is 0 Å². The zero-order valence-corrected chi connectivity index (χ0v) is 18.7. The van der Waals surface area contributed by atoms with Crippen LogP contribution in [0.15, 0.2) is 108 Å². The molecule has 0 bridgehead atoms. The van der Waals surface area contributed by atoms with E-state index >= 15 is 0 Å². The number of furan rings is 1. The van der Waals surface area contributed by atoms with Gasteiger partial charge in [-0.1, -0.05) is 66.7 Å². The first-order chi connectivity index (χ1) is 16.7. The highest BCUT2D eigenvalue weighted by atomic mass is 19.1. The van der Waals surface area contributed by atoms with Gasteiger partial charge in [0.1, 0.15) is 11.6 Å². The molecule has 0 saturated carbocycles. The normalized spacial score (nSPS) is 12.0. The second-order valence-electron chi connectivity index (χ2n) is 8.35. The molecule has 3 aromatic carbocycles. The Labute approximate surface area is 197 Å². The van der Waals surface area contributed by atoms with Crippen molar-refractivity contribution in [3.05, 3.63) is 132 Å². The first kappa shape index (κ1) is 21.7. The number of rotatable bonds is 8. The first-order valence-electron chi connectivity index (χ1n) is 11.3. The third-order valence-corrected chi connectivity index (χ3v) is 6.10. The number of aromatic nitrogens is 1. The Morgan fingerprint density at radius 3 is 2.44 bits per heavy atom. The fourth-order valence-electron chi connectivity index (χ4n) is 4.47. The van der Waals surface area contributed by atoms with Crippen molar-refractivity contribution in [1.29, 1.82) is 0 Å². The number of fused-ring (bicyclic) bond motifs is 1. The van der Waals surface area contributed by atoms with Crippen LogP contribution in [-0.4, -0.2) is 10.5 Å². The molecular weight excluding hydrogens is 427 g/mol. The molecular formula is C29H25FN2O2. The van der Waals surface area contributed by atoms with Crippen LogP contribution in [0.4, 0.5) is 4.39 Å². The highest BCUT2D eigenvalue weighted by Gasteiger charge is 2.25. The van der Waals surface area contributed by atoms with Crippen LogP contribution in [0, 0.1) is 5.82 Å². The average Bonchev–Trinajstić information content (AvgIpc) is 3.51. The van der Waals surface area contributed by atoms with E-state index in [0.717, 1.165) is 16.5 Å². The number of carbonyl (C=O) groups is 1. The van der Waals surface area contributed by atoms with Crippen molar-refractivity contribution in [3.63, 3.8) is 0 Å². The molecule has 0 aliphatic carbocycles. The topological polar surface area (TPSA) is 47.2 Å². The van der Waals surface area contributed by atoms with Crippen LogP contribution >= 0.6 is 0 Å². The molecule has 0 radical (unpaired) electrons. The van der Waals surface area contributed by atoms with E-state index in [9.17, 15) is 9.18 Å². The van der Waals surface area contributed by atoms with Crippen LogP contribution in [0.1, 0.15) is 34.8 Å². The minimum atomic E-state index is -0.431. The number of hydrogen-bond donors (Lipinski definition) is 1. The molecule has 1 amide bonds. The van der Waals surface area contributed by atoms with Gasteiger partial charge in [-0.05, 0) is 41.0 Å². The summed E-state index contributed by atoms with van der Waals surface area (Å²) in [4.78, 5) is 13.0. The van der Waals surface area contributed by atoms with Crippen molar-refractivity contribution in [1.82, 2.24) is 9.88 Å². The molecule has 0 saturated heterocycles. The maximum absolute atomic E-state index is 15.0. The fraction of sp³-hybridized carbons (Fsp3) is 0.138. The molecule has 2 aromatic heterocycles. The molecule has 5 heteroatoms. The van der Waals surface area contributed by atoms with Gasteiger partial charge in [-0.15, -0.1) is 0 Å². The van der Waals surface area contributed by atoms with E-state index in [-0.39, 0.29) is 18.1 Å². The van der Waals surface area contributed by atoms with Gasteiger partial charge in [-0.25, -0.2) is 4.39 Å². The van der Waals surface area contributed by atoms with Crippen molar-refractivity contribution in [3.8, 4) is 0 Å². The molecule has 170 valence electrons. The third-order valence-electron chi connectivity index (χ3n) is 6.10. The van der Waals surface area contributed by atoms with Gasteiger partial charge in [0.15, 0.2) is 0 Å². The molecule has 2 heterocycles. The molecule has 1 atom stereocenters. The molecule has 0 aliphatic heterocycles. The van der Waals surface area contributed by atoms with Crippen LogP contribution in [-0.2, 0) is 17.9 Å². The number of nitrogens with one attached hydrogen (secondary N) is 1.